The number of nitrogens with zero attached hydrogens (tertiary/aromatic N) is 1. The maximum Gasteiger partial charge on any atom is 0.254 e. The molecule has 1 unspecified atom stereocenters. The lowest BCUT2D eigenvalue weighted by Crippen LogP contribution is -2.47. The summed E-state index contributed by atoms with van der Waals surface area (Å²) in [5.41, 5.74) is 5.37. The van der Waals surface area contributed by atoms with Crippen LogP contribution in [0.4, 0.5) is 20.2 Å². The molecule has 0 aliphatic carbocycles. The van der Waals surface area contributed by atoms with Crippen LogP contribution in [0.3, 0.4) is 0 Å². The average Bonchev–Trinajstić information content (AvgIpc) is 2.74. The van der Waals surface area contributed by atoms with Crippen LogP contribution < -0.4 is 15.8 Å². The van der Waals surface area contributed by atoms with Crippen molar-refractivity contribution in [3.8, 4) is 5.75 Å². The van der Waals surface area contributed by atoms with E-state index in [0.29, 0.717) is 16.5 Å². The predicted octanol–water partition coefficient (Wildman–Crippen LogP) is 3.99. The Kier molecular flexibility index (Phi) is 7.93. The zero-order chi connectivity index (χ0) is 23.5. The fourth-order valence-electron chi connectivity index (χ4n) is 3.64. The van der Waals surface area contributed by atoms with Crippen LogP contribution in [0.15, 0.2) is 30.3 Å². The highest BCUT2D eigenvalue weighted by atomic mass is 127. The zero-order valence-corrected chi connectivity index (χ0v) is 20.4. The van der Waals surface area contributed by atoms with Crippen molar-refractivity contribution in [1.82, 2.24) is 4.31 Å². The summed E-state index contributed by atoms with van der Waals surface area (Å²) in [6.45, 7) is 1.89. The third-order valence-electron chi connectivity index (χ3n) is 5.24. The van der Waals surface area contributed by atoms with Crippen molar-refractivity contribution >= 4 is 49.9 Å². The van der Waals surface area contributed by atoms with E-state index in [0.717, 1.165) is 25.0 Å². The summed E-state index contributed by atoms with van der Waals surface area (Å²) in [7, 11) is -3.43. The average molecular weight is 579 g/mol. The minimum absolute atomic E-state index is 0.0361. The van der Waals surface area contributed by atoms with Crippen LogP contribution in [0, 0.1) is 15.2 Å². The molecule has 0 spiro atoms. The largest absolute Gasteiger partial charge is 0.491 e. The number of nitrogens with one attached hydrogen (secondary N) is 1. The van der Waals surface area contributed by atoms with Gasteiger partial charge < -0.3 is 15.8 Å². The molecule has 1 aliphatic heterocycles. The van der Waals surface area contributed by atoms with Gasteiger partial charge in [-0.15, -0.1) is 0 Å². The van der Waals surface area contributed by atoms with Gasteiger partial charge in [-0.3, -0.25) is 4.79 Å². The Morgan fingerprint density at radius 3 is 2.66 bits per heavy atom. The lowest BCUT2D eigenvalue weighted by Gasteiger charge is -2.34. The number of sulfonamides is 1. The summed E-state index contributed by atoms with van der Waals surface area (Å²) in [6, 6.07) is 6.00. The highest BCUT2D eigenvalue weighted by Crippen LogP contribution is 2.32. The van der Waals surface area contributed by atoms with E-state index in [4.69, 9.17) is 10.5 Å². The molecule has 0 aromatic heterocycles. The first-order chi connectivity index (χ1) is 15.1. The lowest BCUT2D eigenvalue weighted by molar-refractivity contribution is 0.0994. The first-order valence-electron chi connectivity index (χ1n) is 10.1. The van der Waals surface area contributed by atoms with Crippen molar-refractivity contribution in [2.75, 3.05) is 24.2 Å². The number of carbonyl (C=O) groups excluding carboxylic acids is 1. The summed E-state index contributed by atoms with van der Waals surface area (Å²) in [6.07, 6.45) is 2.16. The van der Waals surface area contributed by atoms with Gasteiger partial charge in [-0.2, -0.15) is 4.31 Å². The Labute approximate surface area is 199 Å². The Hall–Kier alpha value is -1.99. The second-order valence-corrected chi connectivity index (χ2v) is 10.9. The Morgan fingerprint density at radius 2 is 2.00 bits per heavy atom. The third-order valence-corrected chi connectivity index (χ3v) is 7.84. The normalized spacial score (nSPS) is 17.2. The van der Waals surface area contributed by atoms with Crippen molar-refractivity contribution in [3.63, 3.8) is 0 Å². The molecule has 3 N–H and O–H groups in total. The number of benzene rings is 2. The van der Waals surface area contributed by atoms with Crippen LogP contribution in [0.2, 0.25) is 0 Å². The first kappa shape index (κ1) is 24.6. The van der Waals surface area contributed by atoms with E-state index in [1.165, 1.54) is 16.4 Å². The number of amides is 1. The number of hydrogen-bond acceptors (Lipinski definition) is 5. The molecule has 1 saturated heterocycles. The third kappa shape index (κ3) is 5.67. The highest BCUT2D eigenvalue weighted by molar-refractivity contribution is 14.1. The smallest absolute Gasteiger partial charge is 0.254 e. The van der Waals surface area contributed by atoms with Crippen LogP contribution in [0.25, 0.3) is 0 Å². The molecule has 32 heavy (non-hydrogen) atoms. The van der Waals surface area contributed by atoms with E-state index >= 15 is 0 Å². The van der Waals surface area contributed by atoms with Crippen molar-refractivity contribution in [1.29, 1.82) is 0 Å². The summed E-state index contributed by atoms with van der Waals surface area (Å²) in [4.78, 5) is 12.2. The van der Waals surface area contributed by atoms with Gasteiger partial charge in [0.1, 0.15) is 29.6 Å². The van der Waals surface area contributed by atoms with Crippen LogP contribution in [0.5, 0.6) is 5.75 Å². The van der Waals surface area contributed by atoms with Crippen molar-refractivity contribution in [2.24, 2.45) is 5.73 Å². The van der Waals surface area contributed by atoms with Crippen molar-refractivity contribution < 1.29 is 26.7 Å². The number of anilines is 2. The van der Waals surface area contributed by atoms with E-state index in [1.807, 2.05) is 22.6 Å². The van der Waals surface area contributed by atoms with E-state index in [9.17, 15) is 22.0 Å². The molecule has 0 radical (unpaired) electrons. The maximum absolute atomic E-state index is 14.4. The van der Waals surface area contributed by atoms with Gasteiger partial charge >= 0.3 is 0 Å². The Morgan fingerprint density at radius 1 is 1.25 bits per heavy atom. The van der Waals surface area contributed by atoms with E-state index in [1.54, 1.807) is 13.0 Å². The molecule has 1 atom stereocenters. The number of primary amides is 1. The molecule has 2 aromatic rings. The molecule has 174 valence electrons. The van der Waals surface area contributed by atoms with Crippen LogP contribution >= 0.6 is 22.6 Å². The topological polar surface area (TPSA) is 102 Å². The second-order valence-electron chi connectivity index (χ2n) is 7.41. The number of nitrogens with two attached hydrogens (primary N) is 1. The monoisotopic (exact) mass is 579 g/mol. The summed E-state index contributed by atoms with van der Waals surface area (Å²) >= 11 is 1.95. The highest BCUT2D eigenvalue weighted by Gasteiger charge is 2.32. The minimum Gasteiger partial charge on any atom is -0.491 e. The van der Waals surface area contributed by atoms with Gasteiger partial charge in [0.2, 0.25) is 10.0 Å². The first-order valence-corrected chi connectivity index (χ1v) is 12.8. The van der Waals surface area contributed by atoms with E-state index in [2.05, 4.69) is 5.32 Å². The molecule has 7 nitrogen and oxygen atoms in total. The van der Waals surface area contributed by atoms with Crippen molar-refractivity contribution in [3.05, 3.63) is 51.1 Å². The quantitative estimate of drug-likeness (QED) is 0.461. The molecule has 0 bridgehead atoms. The molecule has 1 heterocycles. The van der Waals surface area contributed by atoms with Gasteiger partial charge in [0, 0.05) is 16.2 Å². The Balaban J connectivity index is 1.90. The lowest BCUT2D eigenvalue weighted by atomic mass is 10.1. The SMILES string of the molecule is CCS(=O)(=O)N1CCCCC1COc1cc(F)cc(Nc2ccc(I)cc2F)c1C(N)=O. The number of rotatable bonds is 8. The van der Waals surface area contributed by atoms with Crippen molar-refractivity contribution in [2.45, 2.75) is 32.2 Å². The maximum atomic E-state index is 14.4. The van der Waals surface area contributed by atoms with Gasteiger partial charge in [-0.25, -0.2) is 17.2 Å². The van der Waals surface area contributed by atoms with Gasteiger partial charge in [0.25, 0.3) is 5.91 Å². The minimum atomic E-state index is -3.43. The summed E-state index contributed by atoms with van der Waals surface area (Å²) < 4.78 is 61.3. The van der Waals surface area contributed by atoms with Crippen LogP contribution in [-0.2, 0) is 10.0 Å². The number of halogens is 3. The zero-order valence-electron chi connectivity index (χ0n) is 17.4. The molecule has 1 fully saturated rings. The van der Waals surface area contributed by atoms with Gasteiger partial charge in [-0.1, -0.05) is 6.42 Å². The molecule has 11 heteroatoms. The molecule has 3 rings (SSSR count). The summed E-state index contributed by atoms with van der Waals surface area (Å²) in [5, 5.41) is 2.71. The molecular weight excluding hydrogens is 555 g/mol. The second kappa shape index (κ2) is 10.3. The van der Waals surface area contributed by atoms with Gasteiger partial charge in [0.05, 0.1) is 23.2 Å². The van der Waals surface area contributed by atoms with E-state index in [-0.39, 0.29) is 35.0 Å². The van der Waals surface area contributed by atoms with Gasteiger partial charge in [0.15, 0.2) is 0 Å². The number of hydrogen-bond donors (Lipinski definition) is 2. The standard InChI is InChI=1S/C21H24F2IN3O4S/c1-2-32(29,30)27-8-4-3-5-15(27)12-31-19-10-13(22)9-18(20(19)21(25)28)26-17-7-6-14(24)11-16(17)23/h6-7,9-11,15,26H,2-5,8,12H2,1H3,(H2,25,28). The van der Waals surface area contributed by atoms with E-state index < -0.39 is 33.6 Å². The fourth-order valence-corrected chi connectivity index (χ4v) is 5.46. The number of carbonyl (C=O) groups is 1. The fraction of sp³-hybridized carbons (Fsp3) is 0.381. The molecule has 0 saturated carbocycles. The summed E-state index contributed by atoms with van der Waals surface area (Å²) in [5.74, 6) is -2.37. The molecular formula is C21H24F2IN3O4S. The van der Waals surface area contributed by atoms with Gasteiger partial charge in [-0.05, 0) is 66.6 Å². The Bertz CT molecular complexity index is 1110. The predicted molar refractivity (Wildman–Crippen MR) is 127 cm³/mol. The molecule has 1 amide bonds. The number of ether oxygens (including phenoxy) is 1. The molecule has 1 aliphatic rings. The molecule has 2 aromatic carbocycles. The number of piperidine rings is 1. The van der Waals surface area contributed by atoms with Crippen LogP contribution in [0.1, 0.15) is 36.5 Å². The van der Waals surface area contributed by atoms with Crippen LogP contribution in [-0.4, -0.2) is 43.6 Å².